The topological polar surface area (TPSA) is 46.5 Å². The van der Waals surface area contributed by atoms with Crippen LogP contribution in [0.2, 0.25) is 0 Å². The Morgan fingerprint density at radius 1 is 1.10 bits per heavy atom. The summed E-state index contributed by atoms with van der Waals surface area (Å²) in [5.74, 6) is 1.39. The van der Waals surface area contributed by atoms with Crippen LogP contribution in [0.1, 0.15) is 57.8 Å². The molecule has 2 fully saturated rings. The fourth-order valence-electron chi connectivity index (χ4n) is 3.47. The molecule has 114 valence electrons. The molecule has 2 saturated carbocycles. The highest BCUT2D eigenvalue weighted by atomic mass is 16.5. The maximum absolute atomic E-state index is 11.9. The lowest BCUT2D eigenvalue weighted by molar-refractivity contribution is -0.150. The first-order chi connectivity index (χ1) is 9.69. The first-order valence-corrected chi connectivity index (χ1v) is 8.16. The van der Waals surface area contributed by atoms with E-state index < -0.39 is 0 Å². The summed E-state index contributed by atoms with van der Waals surface area (Å²) in [5.41, 5.74) is 0. The molecular weight excluding hydrogens is 252 g/mol. The second-order valence-electron chi connectivity index (χ2n) is 6.48. The van der Waals surface area contributed by atoms with E-state index in [0.29, 0.717) is 18.4 Å². The quantitative estimate of drug-likeness (QED) is 0.619. The van der Waals surface area contributed by atoms with Crippen molar-refractivity contribution in [2.24, 2.45) is 17.8 Å². The number of hydrogen-bond acceptors (Lipinski definition) is 3. The van der Waals surface area contributed by atoms with Crippen LogP contribution in [0, 0.1) is 17.8 Å². The molecule has 0 atom stereocenters. The minimum absolute atomic E-state index is 0.0231. The summed E-state index contributed by atoms with van der Waals surface area (Å²) < 4.78 is 5.43. The number of rotatable bonds is 5. The highest BCUT2D eigenvalue weighted by molar-refractivity contribution is 5.72. The first kappa shape index (κ1) is 15.6. The highest BCUT2D eigenvalue weighted by Gasteiger charge is 2.26. The van der Waals surface area contributed by atoms with Crippen molar-refractivity contribution in [3.8, 4) is 0 Å². The predicted octanol–water partition coefficient (Wildman–Crippen LogP) is 3.46. The van der Waals surface area contributed by atoms with Crippen LogP contribution in [0.15, 0.2) is 12.7 Å². The molecule has 0 aromatic rings. The fourth-order valence-corrected chi connectivity index (χ4v) is 3.47. The molecule has 0 aromatic heterocycles. The van der Waals surface area contributed by atoms with Crippen molar-refractivity contribution in [2.75, 3.05) is 6.61 Å². The maximum atomic E-state index is 11.9. The Bertz CT molecular complexity index is 310. The fraction of sp³-hybridized carbons (Fsp3) is 0.824. The molecular formula is C17H28O3. The van der Waals surface area contributed by atoms with E-state index in [1.165, 1.54) is 25.7 Å². The summed E-state index contributed by atoms with van der Waals surface area (Å²) in [6, 6.07) is 0. The van der Waals surface area contributed by atoms with Gasteiger partial charge in [-0.25, -0.2) is 0 Å². The molecule has 0 heterocycles. The smallest absolute Gasteiger partial charge is 0.308 e. The average Bonchev–Trinajstić information content (AvgIpc) is 2.48. The number of aliphatic hydroxyl groups excluding tert-OH is 1. The molecule has 3 nitrogen and oxygen atoms in total. The van der Waals surface area contributed by atoms with Crippen molar-refractivity contribution in [1.82, 2.24) is 0 Å². The van der Waals surface area contributed by atoms with Gasteiger partial charge in [0.15, 0.2) is 0 Å². The largest absolute Gasteiger partial charge is 0.465 e. The van der Waals surface area contributed by atoms with Crippen LogP contribution in [0.25, 0.3) is 0 Å². The van der Waals surface area contributed by atoms with Gasteiger partial charge in [-0.3, -0.25) is 4.79 Å². The Morgan fingerprint density at radius 2 is 1.75 bits per heavy atom. The minimum atomic E-state index is -0.209. The van der Waals surface area contributed by atoms with E-state index in [2.05, 4.69) is 12.7 Å². The van der Waals surface area contributed by atoms with Crippen molar-refractivity contribution >= 4 is 5.97 Å². The van der Waals surface area contributed by atoms with Crippen LogP contribution >= 0.6 is 0 Å². The molecule has 20 heavy (non-hydrogen) atoms. The van der Waals surface area contributed by atoms with Crippen molar-refractivity contribution in [3.63, 3.8) is 0 Å². The number of aliphatic hydroxyl groups is 1. The second kappa shape index (κ2) is 7.82. The SMILES string of the molecule is C=CC1CCC(CCOC(=O)C2CCC(O)CC2)CC1. The number of allylic oxidation sites excluding steroid dienone is 1. The Labute approximate surface area is 122 Å². The van der Waals surface area contributed by atoms with Gasteiger partial charge in [0.05, 0.1) is 18.6 Å². The molecule has 0 amide bonds. The second-order valence-corrected chi connectivity index (χ2v) is 6.48. The highest BCUT2D eigenvalue weighted by Crippen LogP contribution is 2.31. The molecule has 0 saturated heterocycles. The van der Waals surface area contributed by atoms with E-state index in [1.54, 1.807) is 0 Å². The van der Waals surface area contributed by atoms with E-state index in [4.69, 9.17) is 4.74 Å². The van der Waals surface area contributed by atoms with Gasteiger partial charge in [0.2, 0.25) is 0 Å². The van der Waals surface area contributed by atoms with E-state index >= 15 is 0 Å². The monoisotopic (exact) mass is 280 g/mol. The predicted molar refractivity (Wildman–Crippen MR) is 79.2 cm³/mol. The van der Waals surface area contributed by atoms with Gasteiger partial charge in [0.1, 0.15) is 0 Å². The molecule has 0 bridgehead atoms. The van der Waals surface area contributed by atoms with Gasteiger partial charge in [-0.1, -0.05) is 6.08 Å². The van der Waals surface area contributed by atoms with Gasteiger partial charge in [0.25, 0.3) is 0 Å². The molecule has 2 aliphatic carbocycles. The van der Waals surface area contributed by atoms with Crippen LogP contribution < -0.4 is 0 Å². The number of esters is 1. The number of carbonyl (C=O) groups excluding carboxylic acids is 1. The van der Waals surface area contributed by atoms with Crippen molar-refractivity contribution in [2.45, 2.75) is 63.9 Å². The van der Waals surface area contributed by atoms with Gasteiger partial charge in [-0.05, 0) is 69.6 Å². The van der Waals surface area contributed by atoms with E-state index in [-0.39, 0.29) is 18.0 Å². The maximum Gasteiger partial charge on any atom is 0.308 e. The Morgan fingerprint density at radius 3 is 2.35 bits per heavy atom. The Kier molecular flexibility index (Phi) is 6.08. The average molecular weight is 280 g/mol. The van der Waals surface area contributed by atoms with Crippen molar-refractivity contribution in [1.29, 1.82) is 0 Å². The third-order valence-corrected chi connectivity index (χ3v) is 5.03. The summed E-state index contributed by atoms with van der Waals surface area (Å²) >= 11 is 0. The lowest BCUT2D eigenvalue weighted by Crippen LogP contribution is -2.26. The van der Waals surface area contributed by atoms with Crippen LogP contribution in [-0.2, 0) is 9.53 Å². The standard InChI is InChI=1S/C17H28O3/c1-2-13-3-5-14(6-4-13)11-12-20-17(19)15-7-9-16(18)10-8-15/h2,13-16,18H,1,3-12H2. The molecule has 2 aliphatic rings. The van der Waals surface area contributed by atoms with E-state index in [1.807, 2.05) is 0 Å². The van der Waals surface area contributed by atoms with Gasteiger partial charge >= 0.3 is 5.97 Å². The lowest BCUT2D eigenvalue weighted by atomic mass is 9.81. The van der Waals surface area contributed by atoms with Gasteiger partial charge in [-0.15, -0.1) is 6.58 Å². The van der Waals surface area contributed by atoms with E-state index in [0.717, 1.165) is 32.1 Å². The summed E-state index contributed by atoms with van der Waals surface area (Å²) in [6.07, 6.45) is 10.9. The third kappa shape index (κ3) is 4.62. The summed E-state index contributed by atoms with van der Waals surface area (Å²) in [7, 11) is 0. The molecule has 0 spiro atoms. The molecule has 0 aliphatic heterocycles. The van der Waals surface area contributed by atoms with Crippen LogP contribution in [0.4, 0.5) is 0 Å². The van der Waals surface area contributed by atoms with Crippen LogP contribution in [-0.4, -0.2) is 23.8 Å². The Hall–Kier alpha value is -0.830. The van der Waals surface area contributed by atoms with Gasteiger partial charge in [0, 0.05) is 0 Å². The minimum Gasteiger partial charge on any atom is -0.465 e. The zero-order chi connectivity index (χ0) is 14.4. The van der Waals surface area contributed by atoms with Crippen LogP contribution in [0.3, 0.4) is 0 Å². The zero-order valence-electron chi connectivity index (χ0n) is 12.4. The summed E-state index contributed by atoms with van der Waals surface area (Å²) in [4.78, 5) is 11.9. The van der Waals surface area contributed by atoms with Crippen molar-refractivity contribution < 1.29 is 14.6 Å². The number of ether oxygens (including phenoxy) is 1. The molecule has 0 unspecified atom stereocenters. The first-order valence-electron chi connectivity index (χ1n) is 8.16. The van der Waals surface area contributed by atoms with Gasteiger partial charge in [-0.2, -0.15) is 0 Å². The zero-order valence-corrected chi connectivity index (χ0v) is 12.4. The summed E-state index contributed by atoms with van der Waals surface area (Å²) in [6.45, 7) is 4.44. The Balaban J connectivity index is 1.59. The molecule has 2 rings (SSSR count). The van der Waals surface area contributed by atoms with E-state index in [9.17, 15) is 9.90 Å². The number of hydrogen-bond donors (Lipinski definition) is 1. The summed E-state index contributed by atoms with van der Waals surface area (Å²) in [5, 5.41) is 9.44. The normalized spacial score (nSPS) is 34.5. The van der Waals surface area contributed by atoms with Crippen molar-refractivity contribution in [3.05, 3.63) is 12.7 Å². The third-order valence-electron chi connectivity index (χ3n) is 5.03. The molecule has 0 radical (unpaired) electrons. The number of carbonyl (C=O) groups is 1. The molecule has 0 aromatic carbocycles. The molecule has 3 heteroatoms. The lowest BCUT2D eigenvalue weighted by Gasteiger charge is -2.27. The van der Waals surface area contributed by atoms with Crippen LogP contribution in [0.5, 0.6) is 0 Å². The van der Waals surface area contributed by atoms with Gasteiger partial charge < -0.3 is 9.84 Å². The molecule has 1 N–H and O–H groups in total.